The Bertz CT molecular complexity index is 1700. The molecular weight excluding hydrogens is 444 g/mol. The molecule has 3 aromatic heterocycles. The van der Waals surface area contributed by atoms with Crippen LogP contribution in [0.15, 0.2) is 103 Å². The van der Waals surface area contributed by atoms with E-state index in [-0.39, 0.29) is 0 Å². The summed E-state index contributed by atoms with van der Waals surface area (Å²) in [6.07, 6.45) is 3.66. The first-order valence-corrected chi connectivity index (χ1v) is 12.0. The summed E-state index contributed by atoms with van der Waals surface area (Å²) in [6, 6.07) is 31.3. The van der Waals surface area contributed by atoms with Gasteiger partial charge in [-0.05, 0) is 66.1 Å². The molecule has 0 amide bonds. The summed E-state index contributed by atoms with van der Waals surface area (Å²) in [4.78, 5) is 11.2. The van der Waals surface area contributed by atoms with Crippen LogP contribution in [0.2, 0.25) is 0 Å². The number of ether oxygens (including phenoxy) is 1. The zero-order valence-corrected chi connectivity index (χ0v) is 20.5. The van der Waals surface area contributed by atoms with E-state index in [0.29, 0.717) is 5.88 Å². The molecule has 0 saturated heterocycles. The Hall–Kier alpha value is -4.64. The Morgan fingerprint density at radius 2 is 1.53 bits per heavy atom. The summed E-state index contributed by atoms with van der Waals surface area (Å²) in [5.74, 6) is 2.24. The second-order valence-corrected chi connectivity index (χ2v) is 9.13. The average molecular weight is 471 g/mol. The van der Waals surface area contributed by atoms with Crippen molar-refractivity contribution < 1.29 is 4.74 Å². The van der Waals surface area contributed by atoms with Crippen molar-refractivity contribution in [3.63, 3.8) is 0 Å². The van der Waals surface area contributed by atoms with Crippen molar-refractivity contribution in [2.24, 2.45) is 0 Å². The lowest BCUT2D eigenvalue weighted by atomic mass is 10.0. The Balaban J connectivity index is 1.46. The van der Waals surface area contributed by atoms with E-state index in [0.717, 1.165) is 45.0 Å². The van der Waals surface area contributed by atoms with Crippen LogP contribution in [-0.2, 0) is 0 Å². The zero-order chi connectivity index (χ0) is 24.6. The Morgan fingerprint density at radius 3 is 2.36 bits per heavy atom. The fourth-order valence-corrected chi connectivity index (χ4v) is 4.67. The average Bonchev–Trinajstić information content (AvgIpc) is 3.24. The number of para-hydroxylation sites is 1. The molecule has 0 spiro atoms. The minimum atomic E-state index is 0.591. The van der Waals surface area contributed by atoms with E-state index in [4.69, 9.17) is 4.74 Å². The topological polar surface area (TPSA) is 43.2 Å². The van der Waals surface area contributed by atoms with Crippen LogP contribution in [0.1, 0.15) is 5.56 Å². The van der Waals surface area contributed by atoms with Crippen LogP contribution in [0.5, 0.6) is 11.6 Å². The Kier molecular flexibility index (Phi) is 5.38. The summed E-state index contributed by atoms with van der Waals surface area (Å²) in [6.45, 7) is 2.03. The van der Waals surface area contributed by atoms with Gasteiger partial charge >= 0.3 is 0 Å². The highest BCUT2D eigenvalue weighted by molar-refractivity contribution is 6.10. The molecule has 0 radical (unpaired) electrons. The van der Waals surface area contributed by atoms with Gasteiger partial charge in [-0.1, -0.05) is 48.5 Å². The predicted molar refractivity (Wildman–Crippen MR) is 147 cm³/mol. The third kappa shape index (κ3) is 3.85. The van der Waals surface area contributed by atoms with Crippen molar-refractivity contribution in [2.45, 2.75) is 6.92 Å². The molecule has 176 valence electrons. The van der Waals surface area contributed by atoms with E-state index >= 15 is 0 Å². The number of pyridine rings is 2. The van der Waals surface area contributed by atoms with Crippen molar-refractivity contribution >= 4 is 27.5 Å². The molecule has 0 unspecified atom stereocenters. The lowest BCUT2D eigenvalue weighted by molar-refractivity contribution is 0.463. The summed E-state index contributed by atoms with van der Waals surface area (Å²) in [5.41, 5.74) is 6.48. The molecule has 0 saturated carbocycles. The highest BCUT2D eigenvalue weighted by Crippen LogP contribution is 2.36. The molecule has 0 N–H and O–H groups in total. The fourth-order valence-electron chi connectivity index (χ4n) is 4.67. The van der Waals surface area contributed by atoms with Crippen molar-refractivity contribution in [3.8, 4) is 28.6 Å². The summed E-state index contributed by atoms with van der Waals surface area (Å²) < 4.78 is 8.48. The predicted octanol–water partition coefficient (Wildman–Crippen LogP) is 7.41. The van der Waals surface area contributed by atoms with Crippen molar-refractivity contribution in [2.75, 3.05) is 19.0 Å². The molecule has 0 bridgehead atoms. The van der Waals surface area contributed by atoms with Crippen LogP contribution in [-0.4, -0.2) is 28.6 Å². The summed E-state index contributed by atoms with van der Waals surface area (Å²) >= 11 is 0. The van der Waals surface area contributed by atoms with Crippen LogP contribution < -0.4 is 9.64 Å². The van der Waals surface area contributed by atoms with Gasteiger partial charge in [0, 0.05) is 37.3 Å². The lowest BCUT2D eigenvalue weighted by Gasteiger charge is -2.17. The number of aromatic nitrogens is 3. The van der Waals surface area contributed by atoms with E-state index in [9.17, 15) is 0 Å². The largest absolute Gasteiger partial charge is 0.437 e. The molecule has 36 heavy (non-hydrogen) atoms. The van der Waals surface area contributed by atoms with Crippen molar-refractivity contribution in [1.82, 2.24) is 14.5 Å². The molecule has 0 aliphatic rings. The Labute approximate surface area is 210 Å². The molecule has 5 heteroatoms. The van der Waals surface area contributed by atoms with Crippen LogP contribution >= 0.6 is 0 Å². The van der Waals surface area contributed by atoms with Gasteiger partial charge in [-0.2, -0.15) is 0 Å². The van der Waals surface area contributed by atoms with Gasteiger partial charge in [0.1, 0.15) is 17.3 Å². The van der Waals surface area contributed by atoms with Gasteiger partial charge in [0.25, 0.3) is 0 Å². The van der Waals surface area contributed by atoms with Gasteiger partial charge in [0.15, 0.2) is 0 Å². The first kappa shape index (κ1) is 21.9. The van der Waals surface area contributed by atoms with Gasteiger partial charge in [-0.15, -0.1) is 0 Å². The molecule has 6 rings (SSSR count). The van der Waals surface area contributed by atoms with Gasteiger partial charge in [-0.3, -0.25) is 4.57 Å². The summed E-state index contributed by atoms with van der Waals surface area (Å²) in [5, 5.41) is 2.41. The maximum Gasteiger partial charge on any atom is 0.243 e. The van der Waals surface area contributed by atoms with Crippen LogP contribution in [0.25, 0.3) is 38.8 Å². The Morgan fingerprint density at radius 1 is 0.722 bits per heavy atom. The number of fused-ring (bicyclic) bond motifs is 3. The minimum Gasteiger partial charge on any atom is -0.437 e. The van der Waals surface area contributed by atoms with E-state index in [1.165, 1.54) is 10.8 Å². The number of benzene rings is 3. The van der Waals surface area contributed by atoms with Gasteiger partial charge in [0.2, 0.25) is 5.88 Å². The van der Waals surface area contributed by atoms with E-state index in [1.54, 1.807) is 0 Å². The third-order valence-corrected chi connectivity index (χ3v) is 6.38. The first-order valence-electron chi connectivity index (χ1n) is 12.0. The SMILES string of the molecule is Cc1cnc(Oc2cccc(-c3ccc4c5ccccc5n(-c5ccccn5)c4c3)c2)c(N(C)C)c1. The molecular formula is C31H26N4O. The number of hydrogen-bond acceptors (Lipinski definition) is 4. The fraction of sp³-hybridized carbons (Fsp3) is 0.0968. The normalized spacial score (nSPS) is 11.2. The molecule has 0 atom stereocenters. The number of nitrogens with zero attached hydrogens (tertiary/aromatic N) is 4. The lowest BCUT2D eigenvalue weighted by Crippen LogP contribution is -2.11. The third-order valence-electron chi connectivity index (χ3n) is 6.38. The van der Waals surface area contributed by atoms with E-state index < -0.39 is 0 Å². The zero-order valence-electron chi connectivity index (χ0n) is 20.5. The van der Waals surface area contributed by atoms with Crippen LogP contribution in [0, 0.1) is 6.92 Å². The maximum absolute atomic E-state index is 6.25. The summed E-state index contributed by atoms with van der Waals surface area (Å²) in [7, 11) is 3.99. The number of hydrogen-bond donors (Lipinski definition) is 0. The van der Waals surface area contributed by atoms with E-state index in [2.05, 4.69) is 75.2 Å². The van der Waals surface area contributed by atoms with Gasteiger partial charge in [0.05, 0.1) is 11.0 Å². The van der Waals surface area contributed by atoms with Gasteiger partial charge in [-0.25, -0.2) is 9.97 Å². The number of aryl methyl sites for hydroxylation is 1. The molecule has 3 heterocycles. The second kappa shape index (κ2) is 8.86. The standard InChI is InChI=1S/C31H26N4O/c1-21-17-29(34(2)3)31(33-20-21)36-24-10-8-9-22(18-24)23-14-15-26-25-11-4-5-12-27(25)35(28(26)19-23)30-13-6-7-16-32-30/h4-20H,1-3H3. The number of anilines is 1. The quantitative estimate of drug-likeness (QED) is 0.263. The van der Waals surface area contributed by atoms with Crippen LogP contribution in [0.3, 0.4) is 0 Å². The maximum atomic E-state index is 6.25. The first-order chi connectivity index (χ1) is 17.6. The molecule has 3 aromatic carbocycles. The van der Waals surface area contributed by atoms with Crippen molar-refractivity contribution in [3.05, 3.63) is 109 Å². The molecule has 0 aliphatic carbocycles. The smallest absolute Gasteiger partial charge is 0.243 e. The second-order valence-electron chi connectivity index (χ2n) is 9.13. The molecule has 0 fully saturated rings. The molecule has 6 aromatic rings. The van der Waals surface area contributed by atoms with Gasteiger partial charge < -0.3 is 9.64 Å². The van der Waals surface area contributed by atoms with E-state index in [1.807, 2.05) is 68.6 Å². The molecule has 5 nitrogen and oxygen atoms in total. The highest BCUT2D eigenvalue weighted by atomic mass is 16.5. The highest BCUT2D eigenvalue weighted by Gasteiger charge is 2.14. The monoisotopic (exact) mass is 470 g/mol. The van der Waals surface area contributed by atoms with Crippen LogP contribution in [0.4, 0.5) is 5.69 Å². The minimum absolute atomic E-state index is 0.591. The molecule has 0 aliphatic heterocycles. The number of rotatable bonds is 5. The van der Waals surface area contributed by atoms with Crippen molar-refractivity contribution in [1.29, 1.82) is 0 Å².